The van der Waals surface area contributed by atoms with Crippen LogP contribution in [-0.2, 0) is 14.3 Å². The summed E-state index contributed by atoms with van der Waals surface area (Å²) in [4.78, 5) is 21.1. The molecule has 0 saturated heterocycles. The Morgan fingerprint density at radius 3 is 2.43 bits per heavy atom. The average Bonchev–Trinajstić information content (AvgIpc) is 2.17. The van der Waals surface area contributed by atoms with Crippen molar-refractivity contribution in [3.05, 3.63) is 0 Å². The van der Waals surface area contributed by atoms with Crippen LogP contribution in [0.3, 0.4) is 0 Å². The summed E-state index contributed by atoms with van der Waals surface area (Å²) in [5.74, 6) is -1.60. The molecule has 0 rings (SSSR count). The van der Waals surface area contributed by atoms with Crippen molar-refractivity contribution in [1.82, 2.24) is 0 Å². The summed E-state index contributed by atoms with van der Waals surface area (Å²) >= 11 is 0. The van der Waals surface area contributed by atoms with E-state index in [0.717, 1.165) is 25.7 Å². The lowest BCUT2D eigenvalue weighted by molar-refractivity contribution is -0.154. The largest absolute Gasteiger partial charge is 0.458 e. The molecule has 1 atom stereocenters. The molecule has 4 nitrogen and oxygen atoms in total. The van der Waals surface area contributed by atoms with E-state index in [9.17, 15) is 9.59 Å². The number of ether oxygens (including phenoxy) is 1. The van der Waals surface area contributed by atoms with Gasteiger partial charge in [0.05, 0.1) is 6.61 Å². The van der Waals surface area contributed by atoms with E-state index in [1.165, 1.54) is 0 Å². The van der Waals surface area contributed by atoms with E-state index in [-0.39, 0.29) is 0 Å². The van der Waals surface area contributed by atoms with Crippen LogP contribution in [0.5, 0.6) is 0 Å². The molecule has 0 aromatic rings. The van der Waals surface area contributed by atoms with Gasteiger partial charge in [-0.3, -0.25) is 4.79 Å². The van der Waals surface area contributed by atoms with Crippen molar-refractivity contribution < 1.29 is 14.3 Å². The summed E-state index contributed by atoms with van der Waals surface area (Å²) in [5.41, 5.74) is 4.75. The zero-order chi connectivity index (χ0) is 11.0. The Morgan fingerprint density at radius 1 is 1.36 bits per heavy atom. The highest BCUT2D eigenvalue weighted by Gasteiger charge is 2.13. The van der Waals surface area contributed by atoms with Gasteiger partial charge in [0.15, 0.2) is 0 Å². The monoisotopic (exact) mass is 201 g/mol. The Balaban J connectivity index is 3.71. The highest BCUT2D eigenvalue weighted by molar-refractivity contribution is 6.31. The maximum Gasteiger partial charge on any atom is 0.396 e. The van der Waals surface area contributed by atoms with Gasteiger partial charge in [0.2, 0.25) is 0 Å². The van der Waals surface area contributed by atoms with Gasteiger partial charge in [0.1, 0.15) is 0 Å². The van der Waals surface area contributed by atoms with E-state index >= 15 is 0 Å². The number of carbonyl (C=O) groups is 2. The summed E-state index contributed by atoms with van der Waals surface area (Å²) in [6.07, 6.45) is 4.22. The maximum absolute atomic E-state index is 10.7. The molecule has 0 aliphatic carbocycles. The van der Waals surface area contributed by atoms with Gasteiger partial charge >= 0.3 is 11.9 Å². The molecule has 82 valence electrons. The number of carbonyl (C=O) groups excluding carboxylic acids is 2. The van der Waals surface area contributed by atoms with E-state index in [1.807, 2.05) is 6.92 Å². The van der Waals surface area contributed by atoms with Gasteiger partial charge in [-0.05, 0) is 12.3 Å². The first-order valence-corrected chi connectivity index (χ1v) is 5.08. The fourth-order valence-corrected chi connectivity index (χ4v) is 1.16. The van der Waals surface area contributed by atoms with Crippen LogP contribution < -0.4 is 5.73 Å². The van der Waals surface area contributed by atoms with Crippen LogP contribution in [0.1, 0.15) is 39.5 Å². The third kappa shape index (κ3) is 5.56. The quantitative estimate of drug-likeness (QED) is 0.519. The minimum absolute atomic E-state index is 0.304. The topological polar surface area (TPSA) is 69.4 Å². The van der Waals surface area contributed by atoms with Crippen molar-refractivity contribution in [3.63, 3.8) is 0 Å². The summed E-state index contributed by atoms with van der Waals surface area (Å²) < 4.78 is 4.74. The Morgan fingerprint density at radius 2 is 2.00 bits per heavy atom. The van der Waals surface area contributed by atoms with Gasteiger partial charge < -0.3 is 10.5 Å². The van der Waals surface area contributed by atoms with E-state index in [1.54, 1.807) is 0 Å². The van der Waals surface area contributed by atoms with Gasteiger partial charge in [0.25, 0.3) is 0 Å². The second-order valence-electron chi connectivity index (χ2n) is 3.38. The van der Waals surface area contributed by atoms with Gasteiger partial charge in [-0.25, -0.2) is 4.79 Å². The smallest absolute Gasteiger partial charge is 0.396 e. The fraction of sp³-hybridized carbons (Fsp3) is 0.800. The number of unbranched alkanes of at least 4 members (excludes halogenated alkanes) is 1. The third-order valence-corrected chi connectivity index (χ3v) is 2.19. The highest BCUT2D eigenvalue weighted by Crippen LogP contribution is 2.12. The molecule has 0 aliphatic heterocycles. The molecule has 1 amide bonds. The lowest BCUT2D eigenvalue weighted by Gasteiger charge is -2.13. The van der Waals surface area contributed by atoms with Gasteiger partial charge in [-0.15, -0.1) is 0 Å². The first-order valence-electron chi connectivity index (χ1n) is 5.08. The van der Waals surface area contributed by atoms with E-state index in [4.69, 9.17) is 10.5 Å². The normalized spacial score (nSPS) is 12.1. The number of nitrogens with two attached hydrogens (primary N) is 1. The Bertz CT molecular complexity index is 192. The SMILES string of the molecule is CCCCC(CC)COC(=O)C(N)=O. The summed E-state index contributed by atoms with van der Waals surface area (Å²) in [6.45, 7) is 4.46. The third-order valence-electron chi connectivity index (χ3n) is 2.19. The van der Waals surface area contributed by atoms with Crippen LogP contribution >= 0.6 is 0 Å². The minimum atomic E-state index is -1.02. The average molecular weight is 201 g/mol. The molecule has 2 N–H and O–H groups in total. The number of amides is 1. The number of primary amides is 1. The Labute approximate surface area is 84.8 Å². The molecule has 0 aromatic heterocycles. The molecule has 14 heavy (non-hydrogen) atoms. The van der Waals surface area contributed by atoms with Crippen LogP contribution in [0.15, 0.2) is 0 Å². The Hall–Kier alpha value is -1.06. The predicted molar refractivity (Wildman–Crippen MR) is 53.5 cm³/mol. The second kappa shape index (κ2) is 7.35. The molecule has 0 fully saturated rings. The first-order chi connectivity index (χ1) is 6.61. The van der Waals surface area contributed by atoms with E-state index in [0.29, 0.717) is 12.5 Å². The highest BCUT2D eigenvalue weighted by atomic mass is 16.5. The molecule has 0 heterocycles. The van der Waals surface area contributed by atoms with Crippen molar-refractivity contribution in [2.45, 2.75) is 39.5 Å². The molecule has 0 radical (unpaired) electrons. The molecule has 0 bridgehead atoms. The molecule has 0 aromatic carbocycles. The lowest BCUT2D eigenvalue weighted by atomic mass is 10.0. The summed E-state index contributed by atoms with van der Waals surface area (Å²) in [6, 6.07) is 0. The van der Waals surface area contributed by atoms with Gasteiger partial charge in [-0.2, -0.15) is 0 Å². The number of rotatable bonds is 6. The zero-order valence-corrected chi connectivity index (χ0v) is 8.91. The van der Waals surface area contributed by atoms with Crippen LogP contribution in [-0.4, -0.2) is 18.5 Å². The lowest BCUT2D eigenvalue weighted by Crippen LogP contribution is -2.27. The fourth-order valence-electron chi connectivity index (χ4n) is 1.16. The van der Waals surface area contributed by atoms with Crippen molar-refractivity contribution in [2.24, 2.45) is 11.7 Å². The number of hydrogen-bond donors (Lipinski definition) is 1. The van der Waals surface area contributed by atoms with Crippen molar-refractivity contribution in [1.29, 1.82) is 0 Å². The number of hydrogen-bond acceptors (Lipinski definition) is 3. The van der Waals surface area contributed by atoms with Crippen molar-refractivity contribution >= 4 is 11.9 Å². The van der Waals surface area contributed by atoms with E-state index < -0.39 is 11.9 Å². The molecule has 0 aliphatic rings. The molecule has 0 saturated carbocycles. The van der Waals surface area contributed by atoms with E-state index in [2.05, 4.69) is 6.92 Å². The predicted octanol–water partition coefficient (Wildman–Crippen LogP) is 1.23. The van der Waals surface area contributed by atoms with Crippen LogP contribution in [0.4, 0.5) is 0 Å². The van der Waals surface area contributed by atoms with Crippen molar-refractivity contribution in [2.75, 3.05) is 6.61 Å². The maximum atomic E-state index is 10.7. The molecule has 4 heteroatoms. The minimum Gasteiger partial charge on any atom is -0.458 e. The second-order valence-corrected chi connectivity index (χ2v) is 3.38. The molecule has 0 spiro atoms. The summed E-state index contributed by atoms with van der Waals surface area (Å²) in [5, 5.41) is 0. The number of esters is 1. The molecular weight excluding hydrogens is 182 g/mol. The van der Waals surface area contributed by atoms with Gasteiger partial charge in [-0.1, -0.05) is 33.1 Å². The Kier molecular flexibility index (Phi) is 6.80. The molecule has 1 unspecified atom stereocenters. The summed E-state index contributed by atoms with van der Waals surface area (Å²) in [7, 11) is 0. The van der Waals surface area contributed by atoms with Crippen LogP contribution in [0.25, 0.3) is 0 Å². The zero-order valence-electron chi connectivity index (χ0n) is 8.91. The van der Waals surface area contributed by atoms with Gasteiger partial charge in [0, 0.05) is 0 Å². The van der Waals surface area contributed by atoms with Crippen LogP contribution in [0, 0.1) is 5.92 Å². The van der Waals surface area contributed by atoms with Crippen LogP contribution in [0.2, 0.25) is 0 Å². The van der Waals surface area contributed by atoms with Crippen molar-refractivity contribution in [3.8, 4) is 0 Å². The molecular formula is C10H19NO3. The standard InChI is InChI=1S/C10H19NO3/c1-3-5-6-8(4-2)7-14-10(13)9(11)12/h8H,3-7H2,1-2H3,(H2,11,12). The first kappa shape index (κ1) is 12.9.